The summed E-state index contributed by atoms with van der Waals surface area (Å²) < 4.78 is 0. The van der Waals surface area contributed by atoms with Crippen molar-refractivity contribution in [1.82, 2.24) is 0 Å². The van der Waals surface area contributed by atoms with E-state index in [-0.39, 0.29) is 17.4 Å². The maximum atomic E-state index is 13.5. The molecule has 0 aliphatic carbocycles. The molecule has 1 atom stereocenters. The van der Waals surface area contributed by atoms with E-state index in [0.29, 0.717) is 22.0 Å². The Kier molecular flexibility index (Phi) is 8.28. The number of carbonyl (C=O) groups excluding carboxylic acids is 2. The number of nitrogens with one attached hydrogen (secondary N) is 2. The number of amides is 2. The second-order valence-corrected chi connectivity index (χ2v) is 9.84. The van der Waals surface area contributed by atoms with E-state index in [1.807, 2.05) is 36.4 Å². The van der Waals surface area contributed by atoms with E-state index in [1.165, 1.54) is 23.9 Å². The van der Waals surface area contributed by atoms with Crippen LogP contribution in [-0.4, -0.2) is 22.9 Å². The number of carboxylic acid groups (broad SMARTS) is 1. The van der Waals surface area contributed by atoms with E-state index in [2.05, 4.69) is 10.6 Å². The summed E-state index contributed by atoms with van der Waals surface area (Å²) in [6.07, 6.45) is 0. The monoisotopic (exact) mass is 530 g/mol. The van der Waals surface area contributed by atoms with Crippen LogP contribution in [0, 0.1) is 6.92 Å². The molecule has 4 rings (SSSR count). The van der Waals surface area contributed by atoms with Crippen LogP contribution in [0.25, 0.3) is 0 Å². The van der Waals surface area contributed by atoms with Gasteiger partial charge in [0, 0.05) is 26.9 Å². The van der Waals surface area contributed by atoms with Gasteiger partial charge in [0.15, 0.2) is 0 Å². The molecule has 0 aliphatic heterocycles. The third-order valence-electron chi connectivity index (χ3n) is 5.52. The van der Waals surface area contributed by atoms with E-state index in [1.54, 1.807) is 55.5 Å². The Bertz CT molecular complexity index is 1460. The van der Waals surface area contributed by atoms with Crippen molar-refractivity contribution in [2.75, 3.05) is 10.6 Å². The fourth-order valence-electron chi connectivity index (χ4n) is 3.60. The molecule has 0 saturated carbocycles. The molecular formula is C29H23ClN2O4S. The Balaban J connectivity index is 1.57. The van der Waals surface area contributed by atoms with Crippen molar-refractivity contribution in [3.8, 4) is 0 Å². The highest BCUT2D eigenvalue weighted by atomic mass is 35.5. The van der Waals surface area contributed by atoms with Gasteiger partial charge in [0.1, 0.15) is 5.25 Å². The number of rotatable bonds is 8. The Morgan fingerprint density at radius 3 is 2.30 bits per heavy atom. The number of halogens is 1. The molecule has 0 bridgehead atoms. The molecule has 0 aromatic heterocycles. The maximum Gasteiger partial charge on any atom is 0.335 e. The third kappa shape index (κ3) is 6.78. The summed E-state index contributed by atoms with van der Waals surface area (Å²) in [5.41, 5.74) is 3.08. The molecule has 1 unspecified atom stereocenters. The number of carboxylic acids is 1. The standard InChI is InChI=1S/C29H23ClN2O4S/c1-18-13-14-21(29(35)36)16-25(18)32-28(34)26(19-7-3-2-4-8-19)37-24-12-6-11-23(17-24)31-27(33)20-9-5-10-22(30)15-20/h2-17,26H,1H3,(H,31,33)(H,32,34)(H,35,36). The summed E-state index contributed by atoms with van der Waals surface area (Å²) in [6.45, 7) is 1.80. The minimum Gasteiger partial charge on any atom is -0.478 e. The molecule has 37 heavy (non-hydrogen) atoms. The lowest BCUT2D eigenvalue weighted by molar-refractivity contribution is -0.115. The van der Waals surface area contributed by atoms with Crippen LogP contribution >= 0.6 is 23.4 Å². The van der Waals surface area contributed by atoms with Crippen LogP contribution in [0.1, 0.15) is 37.1 Å². The number of carbonyl (C=O) groups is 3. The lowest BCUT2D eigenvalue weighted by atomic mass is 10.1. The fraction of sp³-hybridized carbons (Fsp3) is 0.0690. The predicted molar refractivity (Wildman–Crippen MR) is 148 cm³/mol. The molecule has 0 saturated heterocycles. The maximum absolute atomic E-state index is 13.5. The van der Waals surface area contributed by atoms with Crippen LogP contribution in [0.2, 0.25) is 5.02 Å². The van der Waals surface area contributed by atoms with Crippen molar-refractivity contribution in [2.45, 2.75) is 17.1 Å². The van der Waals surface area contributed by atoms with Crippen LogP contribution in [0.15, 0.2) is 102 Å². The molecule has 0 aliphatic rings. The second kappa shape index (κ2) is 11.8. The van der Waals surface area contributed by atoms with Crippen molar-refractivity contribution in [3.63, 3.8) is 0 Å². The summed E-state index contributed by atoms with van der Waals surface area (Å²) >= 11 is 7.33. The molecule has 4 aromatic carbocycles. The van der Waals surface area contributed by atoms with Crippen molar-refractivity contribution in [1.29, 1.82) is 0 Å². The molecule has 0 fully saturated rings. The first-order valence-corrected chi connectivity index (χ1v) is 12.6. The van der Waals surface area contributed by atoms with Crippen LogP contribution in [0.3, 0.4) is 0 Å². The summed E-state index contributed by atoms with van der Waals surface area (Å²) in [5.74, 6) is -1.66. The van der Waals surface area contributed by atoms with Gasteiger partial charge in [0.25, 0.3) is 5.91 Å². The van der Waals surface area contributed by atoms with Crippen molar-refractivity contribution >= 4 is 52.5 Å². The first-order valence-electron chi connectivity index (χ1n) is 11.3. The van der Waals surface area contributed by atoms with Crippen molar-refractivity contribution in [3.05, 3.63) is 124 Å². The summed E-state index contributed by atoms with van der Waals surface area (Å²) in [4.78, 5) is 38.3. The van der Waals surface area contributed by atoms with Gasteiger partial charge in [-0.3, -0.25) is 9.59 Å². The number of benzene rings is 4. The van der Waals surface area contributed by atoms with Gasteiger partial charge in [0.2, 0.25) is 5.91 Å². The summed E-state index contributed by atoms with van der Waals surface area (Å²) in [5, 5.41) is 14.9. The van der Waals surface area contributed by atoms with Gasteiger partial charge < -0.3 is 15.7 Å². The Labute approximate surface area is 223 Å². The zero-order valence-corrected chi connectivity index (χ0v) is 21.3. The smallest absolute Gasteiger partial charge is 0.335 e. The average molecular weight is 531 g/mol. The van der Waals surface area contributed by atoms with Gasteiger partial charge in [-0.15, -0.1) is 11.8 Å². The van der Waals surface area contributed by atoms with Crippen LogP contribution in [-0.2, 0) is 4.79 Å². The molecule has 186 valence electrons. The molecule has 8 heteroatoms. The molecule has 4 aromatic rings. The van der Waals surface area contributed by atoms with Gasteiger partial charge in [-0.1, -0.05) is 60.1 Å². The van der Waals surface area contributed by atoms with Crippen molar-refractivity contribution < 1.29 is 19.5 Å². The number of aryl methyl sites for hydroxylation is 1. The van der Waals surface area contributed by atoms with Gasteiger partial charge in [0.05, 0.1) is 5.56 Å². The topological polar surface area (TPSA) is 95.5 Å². The summed E-state index contributed by atoms with van der Waals surface area (Å²) in [6, 6.07) is 27.8. The largest absolute Gasteiger partial charge is 0.478 e. The molecule has 2 amide bonds. The van der Waals surface area contributed by atoms with Crippen molar-refractivity contribution in [2.24, 2.45) is 0 Å². The van der Waals surface area contributed by atoms with Gasteiger partial charge in [-0.25, -0.2) is 4.79 Å². The van der Waals surface area contributed by atoms with Gasteiger partial charge in [-0.2, -0.15) is 0 Å². The zero-order valence-electron chi connectivity index (χ0n) is 19.8. The Hall–Kier alpha value is -4.07. The third-order valence-corrected chi connectivity index (χ3v) is 7.00. The highest BCUT2D eigenvalue weighted by Crippen LogP contribution is 2.37. The molecule has 0 spiro atoms. The number of anilines is 2. The Morgan fingerprint density at radius 2 is 1.57 bits per heavy atom. The normalized spacial score (nSPS) is 11.4. The number of aromatic carboxylic acids is 1. The first-order chi connectivity index (χ1) is 17.8. The number of hydrogen-bond donors (Lipinski definition) is 3. The minimum atomic E-state index is -1.07. The minimum absolute atomic E-state index is 0.0907. The fourth-order valence-corrected chi connectivity index (χ4v) is 4.88. The van der Waals surface area contributed by atoms with Crippen LogP contribution in [0.4, 0.5) is 11.4 Å². The van der Waals surface area contributed by atoms with Gasteiger partial charge in [-0.05, 0) is 66.6 Å². The first kappa shape index (κ1) is 26.0. The van der Waals surface area contributed by atoms with Crippen LogP contribution in [0.5, 0.6) is 0 Å². The average Bonchev–Trinajstić information content (AvgIpc) is 2.89. The van der Waals surface area contributed by atoms with E-state index in [9.17, 15) is 19.5 Å². The highest BCUT2D eigenvalue weighted by Gasteiger charge is 2.23. The van der Waals surface area contributed by atoms with Gasteiger partial charge >= 0.3 is 5.97 Å². The quantitative estimate of drug-likeness (QED) is 0.212. The van der Waals surface area contributed by atoms with E-state index < -0.39 is 11.2 Å². The lowest BCUT2D eigenvalue weighted by Crippen LogP contribution is -2.20. The molecule has 0 radical (unpaired) electrons. The van der Waals surface area contributed by atoms with E-state index >= 15 is 0 Å². The highest BCUT2D eigenvalue weighted by molar-refractivity contribution is 8.00. The SMILES string of the molecule is Cc1ccc(C(=O)O)cc1NC(=O)C(Sc1cccc(NC(=O)c2cccc(Cl)c2)c1)c1ccccc1. The zero-order chi connectivity index (χ0) is 26.4. The lowest BCUT2D eigenvalue weighted by Gasteiger charge is -2.19. The van der Waals surface area contributed by atoms with Crippen LogP contribution < -0.4 is 10.6 Å². The second-order valence-electron chi connectivity index (χ2n) is 8.22. The molecule has 3 N–H and O–H groups in total. The number of thioether (sulfide) groups is 1. The van der Waals surface area contributed by atoms with E-state index in [0.717, 1.165) is 16.0 Å². The molecule has 6 nitrogen and oxygen atoms in total. The molecule has 0 heterocycles. The molecular weight excluding hydrogens is 508 g/mol. The predicted octanol–water partition coefficient (Wildman–Crippen LogP) is 7.07. The number of hydrogen-bond acceptors (Lipinski definition) is 4. The Morgan fingerprint density at radius 1 is 0.811 bits per heavy atom. The van der Waals surface area contributed by atoms with E-state index in [4.69, 9.17) is 11.6 Å². The summed E-state index contributed by atoms with van der Waals surface area (Å²) in [7, 11) is 0.